The number of hydrogen-bond donors (Lipinski definition) is 0. The Bertz CT molecular complexity index is 353. The molecule has 0 aromatic carbocycles. The van der Waals surface area contributed by atoms with E-state index in [0.29, 0.717) is 12.2 Å². The van der Waals surface area contributed by atoms with Crippen molar-refractivity contribution in [2.45, 2.75) is 39.0 Å². The van der Waals surface area contributed by atoms with Crippen LogP contribution in [0.5, 0.6) is 0 Å². The van der Waals surface area contributed by atoms with Crippen LogP contribution in [0.15, 0.2) is 0 Å². The van der Waals surface area contributed by atoms with Crippen molar-refractivity contribution in [1.29, 1.82) is 0 Å². The third-order valence-electron chi connectivity index (χ3n) is 2.37. The van der Waals surface area contributed by atoms with E-state index in [4.69, 9.17) is 0 Å². The molecule has 0 radical (unpaired) electrons. The van der Waals surface area contributed by atoms with Gasteiger partial charge in [0.05, 0.1) is 5.01 Å². The molecule has 0 bridgehead atoms. The lowest BCUT2D eigenvalue weighted by Crippen LogP contribution is -2.15. The number of rotatable bonds is 0. The van der Waals surface area contributed by atoms with Gasteiger partial charge in [-0.2, -0.15) is 0 Å². The summed E-state index contributed by atoms with van der Waals surface area (Å²) in [7, 11) is 1.79. The van der Waals surface area contributed by atoms with Crippen LogP contribution in [-0.4, -0.2) is 16.9 Å². The first-order chi connectivity index (χ1) is 6.39. The maximum atomic E-state index is 13.6. The fourth-order valence-corrected chi connectivity index (χ4v) is 2.70. The van der Waals surface area contributed by atoms with Crippen LogP contribution in [0.4, 0.5) is 4.39 Å². The van der Waals surface area contributed by atoms with Gasteiger partial charge in [0, 0.05) is 16.8 Å². The summed E-state index contributed by atoms with van der Waals surface area (Å²) in [5, 5.41) is 1.04. The summed E-state index contributed by atoms with van der Waals surface area (Å²) < 4.78 is 13.6. The van der Waals surface area contributed by atoms with E-state index < -0.39 is 6.30 Å². The lowest BCUT2D eigenvalue weighted by atomic mass is 9.98. The van der Waals surface area contributed by atoms with Gasteiger partial charge >= 0.3 is 0 Å². The summed E-state index contributed by atoms with van der Waals surface area (Å²) in [6.45, 7) is 7.03. The first-order valence-electron chi connectivity index (χ1n) is 4.74. The van der Waals surface area contributed by atoms with Gasteiger partial charge in [0.15, 0.2) is 6.30 Å². The molecule has 0 fully saturated rings. The predicted molar refractivity (Wildman–Crippen MR) is 56.1 cm³/mol. The third kappa shape index (κ3) is 1.46. The highest BCUT2D eigenvalue weighted by Gasteiger charge is 2.33. The number of hydrogen-bond acceptors (Lipinski definition) is 3. The number of fused-ring (bicyclic) bond motifs is 1. The van der Waals surface area contributed by atoms with E-state index in [1.165, 1.54) is 0 Å². The molecule has 0 amide bonds. The van der Waals surface area contributed by atoms with Crippen molar-refractivity contribution in [2.24, 2.45) is 0 Å². The van der Waals surface area contributed by atoms with Gasteiger partial charge in [-0.15, -0.1) is 11.3 Å². The second-order valence-corrected chi connectivity index (χ2v) is 5.91. The van der Waals surface area contributed by atoms with Gasteiger partial charge in [0.2, 0.25) is 0 Å². The average Bonchev–Trinajstić information content (AvgIpc) is 2.54. The highest BCUT2D eigenvalue weighted by molar-refractivity contribution is 7.12. The third-order valence-corrected chi connectivity index (χ3v) is 3.86. The molecule has 0 spiro atoms. The Labute approximate surface area is 87.8 Å². The molecule has 0 N–H and O–H groups in total. The highest BCUT2D eigenvalue weighted by atomic mass is 32.1. The van der Waals surface area contributed by atoms with Crippen LogP contribution in [0.1, 0.15) is 42.6 Å². The van der Waals surface area contributed by atoms with Crippen molar-refractivity contribution in [3.05, 3.63) is 15.6 Å². The molecule has 78 valence electrons. The van der Waals surface area contributed by atoms with Crippen molar-refractivity contribution < 1.29 is 4.39 Å². The van der Waals surface area contributed by atoms with Gasteiger partial charge in [-0.3, -0.25) is 4.90 Å². The normalized spacial score (nSPS) is 22.8. The lowest BCUT2D eigenvalue weighted by Gasteiger charge is -2.15. The van der Waals surface area contributed by atoms with Gasteiger partial charge in [-0.05, 0) is 7.05 Å². The first kappa shape index (κ1) is 10.1. The lowest BCUT2D eigenvalue weighted by molar-refractivity contribution is 0.124. The van der Waals surface area contributed by atoms with E-state index in [1.54, 1.807) is 23.3 Å². The topological polar surface area (TPSA) is 16.1 Å². The molecule has 1 unspecified atom stereocenters. The zero-order chi connectivity index (χ0) is 10.5. The maximum absolute atomic E-state index is 13.6. The van der Waals surface area contributed by atoms with Gasteiger partial charge in [0.1, 0.15) is 5.69 Å². The van der Waals surface area contributed by atoms with E-state index in [9.17, 15) is 4.39 Å². The summed E-state index contributed by atoms with van der Waals surface area (Å²) in [5.41, 5.74) is 0.676. The molecule has 1 aromatic heterocycles. The molecule has 4 heteroatoms. The summed E-state index contributed by atoms with van der Waals surface area (Å²) in [6.07, 6.45) is -1.00. The minimum absolute atomic E-state index is 0.0350. The number of thiazole rings is 1. The predicted octanol–water partition coefficient (Wildman–Crippen LogP) is 2.85. The van der Waals surface area contributed by atoms with Crippen molar-refractivity contribution in [2.75, 3.05) is 7.05 Å². The van der Waals surface area contributed by atoms with Crippen molar-refractivity contribution in [1.82, 2.24) is 9.88 Å². The molecule has 0 saturated heterocycles. The molecule has 2 nitrogen and oxygen atoms in total. The van der Waals surface area contributed by atoms with Crippen molar-refractivity contribution in [3.8, 4) is 0 Å². The van der Waals surface area contributed by atoms with E-state index >= 15 is 0 Å². The Kier molecular flexibility index (Phi) is 2.16. The molecular formula is C10H15FN2S. The molecule has 2 rings (SSSR count). The maximum Gasteiger partial charge on any atom is 0.197 e. The summed E-state index contributed by atoms with van der Waals surface area (Å²) in [6, 6.07) is 0. The average molecular weight is 214 g/mol. The second kappa shape index (κ2) is 3.00. The molecule has 2 heterocycles. The van der Waals surface area contributed by atoms with Crippen molar-refractivity contribution in [3.63, 3.8) is 0 Å². The molecule has 1 aliphatic rings. The van der Waals surface area contributed by atoms with Crippen LogP contribution >= 0.6 is 11.3 Å². The Hall–Kier alpha value is -0.480. The molecule has 0 aliphatic carbocycles. The summed E-state index contributed by atoms with van der Waals surface area (Å²) >= 11 is 1.64. The van der Waals surface area contributed by atoms with Crippen LogP contribution in [0.25, 0.3) is 0 Å². The Morgan fingerprint density at radius 2 is 2.14 bits per heavy atom. The largest absolute Gasteiger partial charge is 0.267 e. The summed E-state index contributed by atoms with van der Waals surface area (Å²) in [5.74, 6) is 0. The van der Waals surface area contributed by atoms with E-state index in [2.05, 4.69) is 25.8 Å². The fraction of sp³-hybridized carbons (Fsp3) is 0.700. The fourth-order valence-electron chi connectivity index (χ4n) is 1.50. The van der Waals surface area contributed by atoms with Crippen LogP contribution in [0, 0.1) is 0 Å². The van der Waals surface area contributed by atoms with Gasteiger partial charge in [0.25, 0.3) is 0 Å². The minimum Gasteiger partial charge on any atom is -0.267 e. The van der Waals surface area contributed by atoms with Crippen molar-refractivity contribution >= 4 is 11.3 Å². The Morgan fingerprint density at radius 3 is 2.64 bits per heavy atom. The monoisotopic (exact) mass is 214 g/mol. The van der Waals surface area contributed by atoms with Gasteiger partial charge < -0.3 is 0 Å². The quantitative estimate of drug-likeness (QED) is 0.617. The van der Waals surface area contributed by atoms with Gasteiger partial charge in [-0.25, -0.2) is 9.37 Å². The molecular weight excluding hydrogens is 199 g/mol. The Balaban J connectivity index is 2.38. The van der Waals surface area contributed by atoms with Crippen LogP contribution < -0.4 is 0 Å². The highest BCUT2D eigenvalue weighted by Crippen LogP contribution is 2.39. The number of halogens is 1. The second-order valence-electron chi connectivity index (χ2n) is 4.83. The molecule has 0 saturated carbocycles. The zero-order valence-corrected chi connectivity index (χ0v) is 9.78. The standard InChI is InChI=1S/C10H15FN2S/c1-10(2,3)9-12-7-6(14-9)5-13(4)8(7)11/h8H,5H2,1-4H3. The SMILES string of the molecule is CN1Cc2sc(C(C)(C)C)nc2C1F. The summed E-state index contributed by atoms with van der Waals surface area (Å²) in [4.78, 5) is 7.16. The zero-order valence-electron chi connectivity index (χ0n) is 8.97. The minimum atomic E-state index is -1.00. The van der Waals surface area contributed by atoms with Gasteiger partial charge in [-0.1, -0.05) is 20.8 Å². The number of aromatic nitrogens is 1. The molecule has 14 heavy (non-hydrogen) atoms. The first-order valence-corrected chi connectivity index (χ1v) is 5.55. The van der Waals surface area contributed by atoms with E-state index in [-0.39, 0.29) is 5.41 Å². The van der Waals surface area contributed by atoms with Crippen LogP contribution in [0.3, 0.4) is 0 Å². The van der Waals surface area contributed by atoms with Crippen LogP contribution in [0.2, 0.25) is 0 Å². The van der Waals surface area contributed by atoms with Crippen LogP contribution in [-0.2, 0) is 12.0 Å². The van der Waals surface area contributed by atoms with E-state index in [1.807, 2.05) is 0 Å². The molecule has 1 aromatic rings. The smallest absolute Gasteiger partial charge is 0.197 e. The van der Waals surface area contributed by atoms with E-state index in [0.717, 1.165) is 9.88 Å². The molecule has 1 aliphatic heterocycles. The number of alkyl halides is 1. The Morgan fingerprint density at radius 1 is 1.50 bits per heavy atom. The number of nitrogens with zero attached hydrogens (tertiary/aromatic N) is 2. The molecule has 1 atom stereocenters.